The van der Waals surface area contributed by atoms with Crippen molar-refractivity contribution >= 4 is 6.08 Å². The third-order valence-electron chi connectivity index (χ3n) is 1.71. The first-order chi connectivity index (χ1) is 5.63. The molecule has 1 aromatic heterocycles. The maximum Gasteiger partial charge on any atom is 0.132 e. The highest BCUT2D eigenvalue weighted by atomic mass is 15.0. The molecule has 2 nitrogen and oxygen atoms in total. The minimum Gasteiger partial charge on any atom is -0.334 e. The normalized spacial score (nSPS) is 11.8. The molecule has 0 N–H and O–H groups in total. The monoisotopic (exact) mass is 162 g/mol. The van der Waals surface area contributed by atoms with Gasteiger partial charge in [0.05, 0.1) is 5.69 Å². The Hall–Kier alpha value is -1.31. The van der Waals surface area contributed by atoms with Gasteiger partial charge in [-0.3, -0.25) is 0 Å². The quantitative estimate of drug-likeness (QED) is 0.610. The van der Waals surface area contributed by atoms with Crippen molar-refractivity contribution in [3.05, 3.63) is 35.9 Å². The summed E-state index contributed by atoms with van der Waals surface area (Å²) in [6.07, 6.45) is 5.84. The van der Waals surface area contributed by atoms with Crippen LogP contribution < -0.4 is 0 Å². The zero-order valence-corrected chi connectivity index (χ0v) is 7.83. The summed E-state index contributed by atoms with van der Waals surface area (Å²) in [4.78, 5) is 4.34. The number of hydrogen-bond acceptors (Lipinski definition) is 1. The van der Waals surface area contributed by atoms with Crippen LogP contribution in [0, 0.1) is 6.92 Å². The Bertz CT molecular complexity index is 319. The number of rotatable bonds is 2. The second-order valence-electron chi connectivity index (χ2n) is 2.94. The molecule has 0 atom stereocenters. The molecule has 0 fully saturated rings. The summed E-state index contributed by atoms with van der Waals surface area (Å²) in [6.45, 7) is 7.69. The molecule has 0 aromatic carbocycles. The summed E-state index contributed by atoms with van der Waals surface area (Å²) >= 11 is 0. The van der Waals surface area contributed by atoms with E-state index in [-0.39, 0.29) is 0 Å². The van der Waals surface area contributed by atoms with Gasteiger partial charge in [-0.15, -0.1) is 0 Å². The van der Waals surface area contributed by atoms with Gasteiger partial charge in [-0.1, -0.05) is 12.7 Å². The zero-order valence-electron chi connectivity index (χ0n) is 7.83. The number of aryl methyl sites for hydroxylation is 2. The lowest BCUT2D eigenvalue weighted by molar-refractivity contribution is 0.896. The van der Waals surface area contributed by atoms with Crippen molar-refractivity contribution in [1.82, 2.24) is 9.55 Å². The van der Waals surface area contributed by atoms with E-state index in [0.717, 1.165) is 17.1 Å². The fraction of sp³-hybridized carbons (Fsp3) is 0.300. The molecular weight excluding hydrogens is 148 g/mol. The molecule has 0 amide bonds. The van der Waals surface area contributed by atoms with E-state index in [1.54, 1.807) is 0 Å². The smallest absolute Gasteiger partial charge is 0.132 e. The van der Waals surface area contributed by atoms with E-state index in [1.807, 2.05) is 43.8 Å². The van der Waals surface area contributed by atoms with Gasteiger partial charge in [0.15, 0.2) is 0 Å². The molecular formula is C10H14N2. The van der Waals surface area contributed by atoms with Crippen LogP contribution in [0.2, 0.25) is 0 Å². The van der Waals surface area contributed by atoms with Gasteiger partial charge in [0.25, 0.3) is 0 Å². The molecule has 2 heteroatoms. The predicted molar refractivity (Wildman–Crippen MR) is 51.8 cm³/mol. The number of hydrogen-bond donors (Lipinski definition) is 0. The highest BCUT2D eigenvalue weighted by molar-refractivity contribution is 5.48. The molecule has 0 aliphatic rings. The van der Waals surface area contributed by atoms with Crippen LogP contribution in [0.4, 0.5) is 0 Å². The molecule has 64 valence electrons. The van der Waals surface area contributed by atoms with E-state index in [1.165, 1.54) is 0 Å². The van der Waals surface area contributed by atoms with E-state index in [4.69, 9.17) is 0 Å². The predicted octanol–water partition coefficient (Wildman–Crippen LogP) is 2.32. The lowest BCUT2D eigenvalue weighted by Gasteiger charge is -1.94. The van der Waals surface area contributed by atoms with Crippen LogP contribution in [-0.4, -0.2) is 9.55 Å². The minimum atomic E-state index is 0.977. The maximum absolute atomic E-state index is 4.34. The van der Waals surface area contributed by atoms with Crippen LogP contribution in [0.25, 0.3) is 6.08 Å². The third-order valence-corrected chi connectivity index (χ3v) is 1.71. The van der Waals surface area contributed by atoms with Crippen LogP contribution in [0.1, 0.15) is 18.4 Å². The maximum atomic E-state index is 4.34. The van der Waals surface area contributed by atoms with Gasteiger partial charge in [-0.05, 0) is 25.5 Å². The second-order valence-corrected chi connectivity index (χ2v) is 2.94. The standard InChI is InChI=1S/C10H14N2/c1-5-8(2)6-10-11-9(3)7-12(10)4/h5-7H,1H2,2-4H3/b8-6-. The lowest BCUT2D eigenvalue weighted by atomic mass is 10.3. The molecule has 0 saturated heterocycles. The molecule has 0 spiro atoms. The Kier molecular flexibility index (Phi) is 2.48. The van der Waals surface area contributed by atoms with E-state index in [2.05, 4.69) is 11.6 Å². The Balaban J connectivity index is 3.03. The molecule has 0 unspecified atom stereocenters. The highest BCUT2D eigenvalue weighted by Crippen LogP contribution is 2.06. The Labute approximate surface area is 73.2 Å². The molecule has 12 heavy (non-hydrogen) atoms. The van der Waals surface area contributed by atoms with Gasteiger partial charge in [0.1, 0.15) is 5.82 Å². The molecule has 1 rings (SSSR count). The van der Waals surface area contributed by atoms with Crippen molar-refractivity contribution in [1.29, 1.82) is 0 Å². The topological polar surface area (TPSA) is 17.8 Å². The highest BCUT2D eigenvalue weighted by Gasteiger charge is 1.97. The van der Waals surface area contributed by atoms with Crippen LogP contribution in [-0.2, 0) is 7.05 Å². The molecule has 0 aliphatic carbocycles. The summed E-state index contributed by atoms with van der Waals surface area (Å²) in [5.41, 5.74) is 2.17. The number of aromatic nitrogens is 2. The first kappa shape index (κ1) is 8.78. The summed E-state index contributed by atoms with van der Waals surface area (Å²) in [7, 11) is 1.99. The van der Waals surface area contributed by atoms with Crippen molar-refractivity contribution < 1.29 is 0 Å². The van der Waals surface area contributed by atoms with Gasteiger partial charge in [-0.25, -0.2) is 4.98 Å². The van der Waals surface area contributed by atoms with Crippen molar-refractivity contribution in [2.45, 2.75) is 13.8 Å². The molecule has 1 heterocycles. The van der Waals surface area contributed by atoms with E-state index in [0.29, 0.717) is 0 Å². The summed E-state index contributed by atoms with van der Waals surface area (Å²) in [5.74, 6) is 0.977. The molecule has 0 saturated carbocycles. The lowest BCUT2D eigenvalue weighted by Crippen LogP contribution is -1.89. The fourth-order valence-corrected chi connectivity index (χ4v) is 1.03. The number of allylic oxidation sites excluding steroid dienone is 2. The first-order valence-corrected chi connectivity index (χ1v) is 3.94. The Morgan fingerprint density at radius 2 is 2.33 bits per heavy atom. The average Bonchev–Trinajstić information content (AvgIpc) is 2.30. The van der Waals surface area contributed by atoms with Crippen molar-refractivity contribution in [3.63, 3.8) is 0 Å². The van der Waals surface area contributed by atoms with Crippen LogP contribution >= 0.6 is 0 Å². The van der Waals surface area contributed by atoms with Crippen LogP contribution in [0.5, 0.6) is 0 Å². The van der Waals surface area contributed by atoms with Crippen molar-refractivity contribution in [2.75, 3.05) is 0 Å². The van der Waals surface area contributed by atoms with Gasteiger partial charge < -0.3 is 4.57 Å². The molecule has 0 aliphatic heterocycles. The van der Waals surface area contributed by atoms with Gasteiger partial charge in [0.2, 0.25) is 0 Å². The fourth-order valence-electron chi connectivity index (χ4n) is 1.03. The second kappa shape index (κ2) is 3.39. The number of nitrogens with zero attached hydrogens (tertiary/aromatic N) is 2. The Morgan fingerprint density at radius 1 is 1.67 bits per heavy atom. The Morgan fingerprint density at radius 3 is 2.75 bits per heavy atom. The van der Waals surface area contributed by atoms with Gasteiger partial charge in [0, 0.05) is 13.2 Å². The summed E-state index contributed by atoms with van der Waals surface area (Å²) in [6, 6.07) is 0. The van der Waals surface area contributed by atoms with E-state index >= 15 is 0 Å². The van der Waals surface area contributed by atoms with Crippen LogP contribution in [0.15, 0.2) is 24.4 Å². The summed E-state index contributed by atoms with van der Waals surface area (Å²) in [5, 5.41) is 0. The number of imidazole rings is 1. The van der Waals surface area contributed by atoms with Crippen LogP contribution in [0.3, 0.4) is 0 Å². The molecule has 0 bridgehead atoms. The van der Waals surface area contributed by atoms with Gasteiger partial charge in [-0.2, -0.15) is 0 Å². The van der Waals surface area contributed by atoms with E-state index < -0.39 is 0 Å². The summed E-state index contributed by atoms with van der Waals surface area (Å²) < 4.78 is 2.00. The van der Waals surface area contributed by atoms with E-state index in [9.17, 15) is 0 Å². The molecule has 0 radical (unpaired) electrons. The minimum absolute atomic E-state index is 0.977. The van der Waals surface area contributed by atoms with Crippen molar-refractivity contribution in [2.24, 2.45) is 7.05 Å². The van der Waals surface area contributed by atoms with Gasteiger partial charge >= 0.3 is 0 Å². The largest absolute Gasteiger partial charge is 0.334 e. The first-order valence-electron chi connectivity index (χ1n) is 3.94. The van der Waals surface area contributed by atoms with Crippen molar-refractivity contribution in [3.8, 4) is 0 Å². The SMILES string of the molecule is C=C/C(C)=C\c1nc(C)cn1C. The zero-order chi connectivity index (χ0) is 9.14. The third kappa shape index (κ3) is 1.84. The average molecular weight is 162 g/mol. The molecule has 1 aromatic rings.